The quantitative estimate of drug-likeness (QED) is 0.816. The van der Waals surface area contributed by atoms with Crippen molar-refractivity contribution in [1.82, 2.24) is 0 Å². The van der Waals surface area contributed by atoms with E-state index in [1.165, 1.54) is 15.4 Å². The number of benzene rings is 2. The molecule has 1 N–H and O–H groups in total. The van der Waals surface area contributed by atoms with Gasteiger partial charge in [0.15, 0.2) is 0 Å². The molecule has 2 aromatic carbocycles. The van der Waals surface area contributed by atoms with E-state index in [2.05, 4.69) is 24.3 Å². The smallest absolute Gasteiger partial charge is 0.400 e. The minimum Gasteiger partial charge on any atom is -0.400 e. The van der Waals surface area contributed by atoms with Crippen molar-refractivity contribution in [3.8, 4) is 0 Å². The zero-order valence-corrected chi connectivity index (χ0v) is 16.9. The summed E-state index contributed by atoms with van der Waals surface area (Å²) >= 11 is 0. The predicted octanol–water partition coefficient (Wildman–Crippen LogP) is 1.97. The highest BCUT2D eigenvalue weighted by atomic mass is 28.4. The Bertz CT molecular complexity index is 469. The Morgan fingerprint density at radius 3 is 1.24 bits per heavy atom. The second-order valence-electron chi connectivity index (χ2n) is 4.19. The maximum absolute atomic E-state index is 7.00. The van der Waals surface area contributed by atoms with Gasteiger partial charge in [0.1, 0.15) is 0 Å². The zero-order chi connectivity index (χ0) is 16.8. The summed E-state index contributed by atoms with van der Waals surface area (Å²) in [6, 6.07) is 20.2. The summed E-state index contributed by atoms with van der Waals surface area (Å²) in [5, 5.41) is 9.44. The SMILES string of the molecule is C.C.C.CO.CO[Si](OC)(OC)c1ccccc1.[SiH3]c1ccccc1. The van der Waals surface area contributed by atoms with Crippen LogP contribution in [0.4, 0.5) is 0 Å². The van der Waals surface area contributed by atoms with Gasteiger partial charge in [0.05, 0.1) is 0 Å². The molecule has 146 valence electrons. The van der Waals surface area contributed by atoms with Crippen molar-refractivity contribution in [2.24, 2.45) is 0 Å². The van der Waals surface area contributed by atoms with Crippen molar-refractivity contribution in [3.63, 3.8) is 0 Å². The third-order valence-corrected chi connectivity index (χ3v) is 6.19. The van der Waals surface area contributed by atoms with Gasteiger partial charge in [-0.25, -0.2) is 0 Å². The molecular weight excluding hydrogens is 348 g/mol. The van der Waals surface area contributed by atoms with E-state index in [0.29, 0.717) is 0 Å². The Hall–Kier alpha value is -1.29. The van der Waals surface area contributed by atoms with Crippen LogP contribution in [0.2, 0.25) is 0 Å². The van der Waals surface area contributed by atoms with Crippen LogP contribution < -0.4 is 10.4 Å². The van der Waals surface area contributed by atoms with E-state index in [4.69, 9.17) is 18.4 Å². The molecule has 0 aliphatic carbocycles. The van der Waals surface area contributed by atoms with E-state index in [-0.39, 0.29) is 22.3 Å². The lowest BCUT2D eigenvalue weighted by Gasteiger charge is -2.24. The minimum atomic E-state index is -2.59. The summed E-state index contributed by atoms with van der Waals surface area (Å²) in [5.74, 6) is 0. The maximum Gasteiger partial charge on any atom is 0.536 e. The lowest BCUT2D eigenvalue weighted by atomic mass is 10.4. The highest BCUT2D eigenvalue weighted by Gasteiger charge is 2.40. The molecule has 0 radical (unpaired) electrons. The maximum atomic E-state index is 7.00. The average molecular weight is 387 g/mol. The fraction of sp³-hybridized carbons (Fsp3) is 0.368. The number of hydrogen-bond donors (Lipinski definition) is 1. The highest BCUT2D eigenvalue weighted by Crippen LogP contribution is 2.05. The van der Waals surface area contributed by atoms with Gasteiger partial charge in [-0.1, -0.05) is 88.1 Å². The molecule has 0 heterocycles. The van der Waals surface area contributed by atoms with Crippen molar-refractivity contribution in [1.29, 1.82) is 0 Å². The van der Waals surface area contributed by atoms with Gasteiger partial charge in [0, 0.05) is 43.9 Å². The molecule has 4 nitrogen and oxygen atoms in total. The highest BCUT2D eigenvalue weighted by molar-refractivity contribution is 6.75. The van der Waals surface area contributed by atoms with Crippen LogP contribution in [0.3, 0.4) is 0 Å². The number of aliphatic hydroxyl groups is 1. The summed E-state index contributed by atoms with van der Waals surface area (Å²) in [7, 11) is 4.39. The zero-order valence-electron chi connectivity index (χ0n) is 13.9. The first kappa shape index (κ1) is 31.5. The molecule has 0 bridgehead atoms. The topological polar surface area (TPSA) is 47.9 Å². The van der Waals surface area contributed by atoms with E-state index >= 15 is 0 Å². The monoisotopic (exact) mass is 386 g/mol. The third-order valence-electron chi connectivity index (χ3n) is 2.87. The normalized spacial score (nSPS) is 8.84. The first-order valence-electron chi connectivity index (χ1n) is 6.86. The molecule has 0 saturated heterocycles. The molecule has 25 heavy (non-hydrogen) atoms. The van der Waals surface area contributed by atoms with Crippen LogP contribution in [-0.4, -0.2) is 52.6 Å². The van der Waals surface area contributed by atoms with Crippen LogP contribution in [0.1, 0.15) is 22.3 Å². The molecule has 0 saturated carbocycles. The largest absolute Gasteiger partial charge is 0.536 e. The van der Waals surface area contributed by atoms with Crippen LogP contribution in [0, 0.1) is 0 Å². The molecule has 0 atom stereocenters. The Kier molecular flexibility index (Phi) is 24.0. The van der Waals surface area contributed by atoms with Crippen molar-refractivity contribution in [2.45, 2.75) is 22.3 Å². The van der Waals surface area contributed by atoms with Crippen molar-refractivity contribution >= 4 is 29.4 Å². The molecular formula is C19H38O4Si2. The van der Waals surface area contributed by atoms with Crippen LogP contribution in [0.5, 0.6) is 0 Å². The van der Waals surface area contributed by atoms with E-state index < -0.39 is 8.80 Å². The molecule has 0 unspecified atom stereocenters. The second kappa shape index (κ2) is 19.0. The van der Waals surface area contributed by atoms with Crippen molar-refractivity contribution in [3.05, 3.63) is 60.7 Å². The van der Waals surface area contributed by atoms with Crippen LogP contribution in [0.25, 0.3) is 0 Å². The summed E-state index contributed by atoms with van der Waals surface area (Å²) in [4.78, 5) is 0. The van der Waals surface area contributed by atoms with Crippen molar-refractivity contribution in [2.75, 3.05) is 28.4 Å². The lowest BCUT2D eigenvalue weighted by molar-refractivity contribution is 0.140. The van der Waals surface area contributed by atoms with Gasteiger partial charge in [-0.05, 0) is 0 Å². The Balaban J connectivity index is -0.000000159. The Morgan fingerprint density at radius 1 is 0.680 bits per heavy atom. The van der Waals surface area contributed by atoms with Crippen LogP contribution >= 0.6 is 0 Å². The molecule has 0 aliphatic heterocycles. The van der Waals surface area contributed by atoms with E-state index in [0.717, 1.165) is 12.3 Å². The first-order chi connectivity index (χ1) is 10.7. The van der Waals surface area contributed by atoms with E-state index in [9.17, 15) is 0 Å². The summed E-state index contributed by atoms with van der Waals surface area (Å²) in [6.45, 7) is 0. The van der Waals surface area contributed by atoms with Gasteiger partial charge < -0.3 is 18.4 Å². The summed E-state index contributed by atoms with van der Waals surface area (Å²) in [5.41, 5.74) is 0. The van der Waals surface area contributed by atoms with Crippen LogP contribution in [-0.2, 0) is 13.3 Å². The molecule has 0 aliphatic rings. The molecule has 2 aromatic rings. The molecule has 0 aromatic heterocycles. The number of hydrogen-bond acceptors (Lipinski definition) is 4. The van der Waals surface area contributed by atoms with Crippen molar-refractivity contribution < 1.29 is 18.4 Å². The molecule has 0 fully saturated rings. The number of aliphatic hydroxyl groups excluding tert-OH is 1. The molecule has 6 heteroatoms. The fourth-order valence-corrected chi connectivity index (χ4v) is 3.97. The molecule has 0 amide bonds. The molecule has 2 rings (SSSR count). The van der Waals surface area contributed by atoms with E-state index in [1.54, 1.807) is 21.3 Å². The summed E-state index contributed by atoms with van der Waals surface area (Å²) in [6.07, 6.45) is 0. The van der Waals surface area contributed by atoms with Gasteiger partial charge in [-0.2, -0.15) is 0 Å². The van der Waals surface area contributed by atoms with Gasteiger partial charge in [0.2, 0.25) is 0 Å². The standard InChI is InChI=1S/C9H14O3Si.C6H8Si.CH4O.3CH4/c1-10-13(11-2,12-3)9-7-5-4-6-8-9;7-6-4-2-1-3-5-6;1-2;;;/h4-8H,1-3H3;1-5H,7H3;2H,1H3;3*1H4. The number of rotatable bonds is 4. The molecule has 0 spiro atoms. The van der Waals surface area contributed by atoms with E-state index in [1.807, 2.05) is 36.4 Å². The minimum absolute atomic E-state index is 0. The van der Waals surface area contributed by atoms with Gasteiger partial charge in [-0.3, -0.25) is 0 Å². The lowest BCUT2D eigenvalue weighted by Crippen LogP contribution is -2.54. The first-order valence-corrected chi connectivity index (χ1v) is 9.58. The third kappa shape index (κ3) is 11.0. The average Bonchev–Trinajstić information content (AvgIpc) is 2.61. The van der Waals surface area contributed by atoms with Gasteiger partial charge in [0.25, 0.3) is 0 Å². The Morgan fingerprint density at radius 2 is 1.00 bits per heavy atom. The fourth-order valence-electron chi connectivity index (χ4n) is 1.78. The summed E-state index contributed by atoms with van der Waals surface area (Å²) < 4.78 is 16.0. The Labute approximate surface area is 159 Å². The predicted molar refractivity (Wildman–Crippen MR) is 117 cm³/mol. The second-order valence-corrected chi connectivity index (χ2v) is 8.26. The van der Waals surface area contributed by atoms with Gasteiger partial charge in [-0.15, -0.1) is 0 Å². The van der Waals surface area contributed by atoms with Crippen LogP contribution in [0.15, 0.2) is 60.7 Å². The van der Waals surface area contributed by atoms with Gasteiger partial charge >= 0.3 is 8.80 Å².